The number of hydrogen-bond acceptors (Lipinski definition) is 3. The lowest BCUT2D eigenvalue weighted by Gasteiger charge is -2.27. The second kappa shape index (κ2) is 6.96. The largest absolute Gasteiger partial charge is 0.467 e. The van der Waals surface area contributed by atoms with E-state index in [9.17, 15) is 14.3 Å². The van der Waals surface area contributed by atoms with Crippen molar-refractivity contribution >= 4 is 5.91 Å². The van der Waals surface area contributed by atoms with Crippen LogP contribution in [0.2, 0.25) is 0 Å². The van der Waals surface area contributed by atoms with E-state index in [-0.39, 0.29) is 17.8 Å². The second-order valence-corrected chi connectivity index (χ2v) is 6.28. The molecule has 0 bridgehead atoms. The molecule has 1 aromatic carbocycles. The van der Waals surface area contributed by atoms with Crippen LogP contribution in [0.25, 0.3) is 0 Å². The van der Waals surface area contributed by atoms with Gasteiger partial charge in [0.05, 0.1) is 11.7 Å². The molecule has 0 spiro atoms. The van der Waals surface area contributed by atoms with Gasteiger partial charge in [-0.1, -0.05) is 12.1 Å². The number of furan rings is 1. The Morgan fingerprint density at radius 3 is 2.70 bits per heavy atom. The molecule has 124 valence electrons. The first-order valence-corrected chi connectivity index (χ1v) is 7.59. The Balaban J connectivity index is 2.00. The summed E-state index contributed by atoms with van der Waals surface area (Å²) in [5.74, 6) is -0.123. The van der Waals surface area contributed by atoms with E-state index >= 15 is 0 Å². The molecule has 5 heteroatoms. The van der Waals surface area contributed by atoms with Gasteiger partial charge in [0, 0.05) is 12.5 Å². The van der Waals surface area contributed by atoms with E-state index < -0.39 is 11.5 Å². The Labute approximate surface area is 135 Å². The van der Waals surface area contributed by atoms with E-state index in [0.717, 1.165) is 0 Å². The van der Waals surface area contributed by atoms with E-state index in [0.29, 0.717) is 17.7 Å². The predicted molar refractivity (Wildman–Crippen MR) is 85.3 cm³/mol. The molecule has 2 rings (SSSR count). The van der Waals surface area contributed by atoms with E-state index in [2.05, 4.69) is 5.32 Å². The van der Waals surface area contributed by atoms with Crippen LogP contribution in [0.1, 0.15) is 44.6 Å². The topological polar surface area (TPSA) is 62.5 Å². The minimum Gasteiger partial charge on any atom is -0.467 e. The normalized spacial score (nSPS) is 14.3. The van der Waals surface area contributed by atoms with Gasteiger partial charge in [0.15, 0.2) is 0 Å². The number of hydrogen-bond donors (Lipinski definition) is 2. The number of carbonyl (C=O) groups excluding carboxylic acids is 1. The van der Waals surface area contributed by atoms with E-state index in [4.69, 9.17) is 4.42 Å². The highest BCUT2D eigenvalue weighted by atomic mass is 19.1. The fraction of sp³-hybridized carbons (Fsp3) is 0.389. The maximum absolute atomic E-state index is 13.4. The van der Waals surface area contributed by atoms with Gasteiger partial charge >= 0.3 is 0 Å². The lowest BCUT2D eigenvalue weighted by molar-refractivity contribution is -0.126. The Kier molecular flexibility index (Phi) is 5.21. The van der Waals surface area contributed by atoms with Crippen LogP contribution in [-0.4, -0.2) is 17.1 Å². The number of carbonyl (C=O) groups is 1. The Morgan fingerprint density at radius 1 is 1.35 bits per heavy atom. The van der Waals surface area contributed by atoms with Crippen LogP contribution in [0.5, 0.6) is 0 Å². The molecule has 2 aromatic rings. The monoisotopic (exact) mass is 319 g/mol. The molecule has 0 aliphatic carbocycles. The molecule has 1 amide bonds. The van der Waals surface area contributed by atoms with Crippen LogP contribution in [0.15, 0.2) is 47.1 Å². The van der Waals surface area contributed by atoms with Crippen LogP contribution in [0, 0.1) is 5.82 Å². The average molecular weight is 319 g/mol. The summed E-state index contributed by atoms with van der Waals surface area (Å²) in [7, 11) is 0. The molecule has 0 saturated heterocycles. The minimum absolute atomic E-state index is 0.220. The van der Waals surface area contributed by atoms with Crippen LogP contribution < -0.4 is 5.32 Å². The van der Waals surface area contributed by atoms with Crippen LogP contribution in [0.4, 0.5) is 4.39 Å². The number of nitrogens with one attached hydrogen (secondary N) is 1. The molecule has 1 aromatic heterocycles. The van der Waals surface area contributed by atoms with Crippen molar-refractivity contribution in [2.24, 2.45) is 0 Å². The van der Waals surface area contributed by atoms with E-state index in [1.54, 1.807) is 38.1 Å². The quantitative estimate of drug-likeness (QED) is 0.858. The molecular weight excluding hydrogens is 297 g/mol. The molecule has 2 N–H and O–H groups in total. The summed E-state index contributed by atoms with van der Waals surface area (Å²) in [5.41, 5.74) is -0.264. The molecule has 2 atom stereocenters. The fourth-order valence-electron chi connectivity index (χ4n) is 2.40. The average Bonchev–Trinajstić information content (AvgIpc) is 3.01. The summed E-state index contributed by atoms with van der Waals surface area (Å²) in [4.78, 5) is 12.5. The maximum atomic E-state index is 13.4. The number of aliphatic hydroxyl groups excluding tert-OH is 1. The van der Waals surface area contributed by atoms with Crippen molar-refractivity contribution in [3.63, 3.8) is 0 Å². The van der Waals surface area contributed by atoms with Gasteiger partial charge in [0.1, 0.15) is 17.7 Å². The summed E-state index contributed by atoms with van der Waals surface area (Å²) >= 11 is 0. The number of amides is 1. The van der Waals surface area contributed by atoms with Gasteiger partial charge in [0.25, 0.3) is 0 Å². The zero-order valence-electron chi connectivity index (χ0n) is 13.5. The lowest BCUT2D eigenvalue weighted by Crippen LogP contribution is -2.44. The molecule has 4 nitrogen and oxygen atoms in total. The molecular formula is C18H22FNO3. The molecule has 2 unspecified atom stereocenters. The first-order chi connectivity index (χ1) is 10.8. The zero-order chi connectivity index (χ0) is 17.0. The highest BCUT2D eigenvalue weighted by molar-refractivity contribution is 5.87. The van der Waals surface area contributed by atoms with Gasteiger partial charge in [-0.25, -0.2) is 4.39 Å². The van der Waals surface area contributed by atoms with Gasteiger partial charge in [-0.15, -0.1) is 0 Å². The lowest BCUT2D eigenvalue weighted by atomic mass is 9.83. The first kappa shape index (κ1) is 17.2. The highest BCUT2D eigenvalue weighted by Gasteiger charge is 2.31. The van der Waals surface area contributed by atoms with Crippen molar-refractivity contribution in [2.45, 2.75) is 44.8 Å². The molecule has 0 aliphatic rings. The summed E-state index contributed by atoms with van der Waals surface area (Å²) < 4.78 is 18.5. The Bertz CT molecular complexity index is 652. The van der Waals surface area contributed by atoms with Gasteiger partial charge in [0.2, 0.25) is 5.91 Å². The molecule has 0 aliphatic heterocycles. The van der Waals surface area contributed by atoms with Gasteiger partial charge in [-0.2, -0.15) is 0 Å². The van der Waals surface area contributed by atoms with Gasteiger partial charge in [-0.05, 0) is 50.6 Å². The molecule has 23 heavy (non-hydrogen) atoms. The van der Waals surface area contributed by atoms with Crippen LogP contribution >= 0.6 is 0 Å². The zero-order valence-corrected chi connectivity index (χ0v) is 13.5. The Hall–Kier alpha value is -2.14. The van der Waals surface area contributed by atoms with Crippen LogP contribution in [-0.2, 0) is 10.2 Å². The number of benzene rings is 1. The third-order valence-corrected chi connectivity index (χ3v) is 3.94. The first-order valence-electron chi connectivity index (χ1n) is 7.59. The third kappa shape index (κ3) is 4.20. The van der Waals surface area contributed by atoms with Crippen molar-refractivity contribution in [1.82, 2.24) is 5.32 Å². The minimum atomic E-state index is -0.869. The van der Waals surface area contributed by atoms with Crippen molar-refractivity contribution in [3.05, 3.63) is 59.8 Å². The van der Waals surface area contributed by atoms with E-state index in [1.807, 2.05) is 6.92 Å². The van der Waals surface area contributed by atoms with E-state index in [1.165, 1.54) is 18.4 Å². The molecule has 0 fully saturated rings. The number of aliphatic hydroxyl groups is 1. The maximum Gasteiger partial charge on any atom is 0.230 e. The summed E-state index contributed by atoms with van der Waals surface area (Å²) in [5, 5.41) is 12.9. The van der Waals surface area contributed by atoms with Crippen molar-refractivity contribution in [3.8, 4) is 0 Å². The van der Waals surface area contributed by atoms with Gasteiger partial charge < -0.3 is 14.8 Å². The molecule has 0 radical (unpaired) electrons. The number of halogens is 1. The standard InChI is InChI=1S/C18H22FNO3/c1-12(10-15(21)16-8-5-9-23-16)20-17(22)18(2,3)13-6-4-7-14(19)11-13/h4-9,11-12,15,21H,10H2,1-3H3,(H,20,22). The van der Waals surface area contributed by atoms with Crippen molar-refractivity contribution in [2.75, 3.05) is 0 Å². The second-order valence-electron chi connectivity index (χ2n) is 6.28. The highest BCUT2D eigenvalue weighted by Crippen LogP contribution is 2.25. The van der Waals surface area contributed by atoms with Crippen molar-refractivity contribution in [1.29, 1.82) is 0 Å². The third-order valence-electron chi connectivity index (χ3n) is 3.94. The fourth-order valence-corrected chi connectivity index (χ4v) is 2.40. The summed E-state index contributed by atoms with van der Waals surface area (Å²) in [6.45, 7) is 5.30. The van der Waals surface area contributed by atoms with Crippen molar-refractivity contribution < 1.29 is 18.7 Å². The summed E-state index contributed by atoms with van der Waals surface area (Å²) in [6.07, 6.45) is 1.05. The Morgan fingerprint density at radius 2 is 2.09 bits per heavy atom. The number of rotatable bonds is 6. The smallest absolute Gasteiger partial charge is 0.230 e. The SMILES string of the molecule is CC(CC(O)c1ccco1)NC(=O)C(C)(C)c1cccc(F)c1. The molecule has 0 saturated carbocycles. The van der Waals surface area contributed by atoms with Gasteiger partial charge in [-0.3, -0.25) is 4.79 Å². The van der Waals surface area contributed by atoms with Crippen LogP contribution in [0.3, 0.4) is 0 Å². The predicted octanol–water partition coefficient (Wildman–Crippen LogP) is 3.32. The molecule has 1 heterocycles. The summed E-state index contributed by atoms with van der Waals surface area (Å²) in [6, 6.07) is 9.16.